The number of fused-ring (bicyclic) bond motifs is 1. The van der Waals surface area contributed by atoms with Gasteiger partial charge < -0.3 is 29.7 Å². The van der Waals surface area contributed by atoms with Crippen molar-refractivity contribution in [3.63, 3.8) is 0 Å². The van der Waals surface area contributed by atoms with Crippen LogP contribution in [-0.2, 0) is 9.59 Å². The molecule has 1 heterocycles. The van der Waals surface area contributed by atoms with E-state index in [0.29, 0.717) is 34.3 Å². The lowest BCUT2D eigenvalue weighted by Crippen LogP contribution is -2.42. The molecule has 0 saturated carbocycles. The number of amides is 2. The van der Waals surface area contributed by atoms with Crippen LogP contribution in [0.1, 0.15) is 13.3 Å². The van der Waals surface area contributed by atoms with Crippen LogP contribution in [-0.4, -0.2) is 45.7 Å². The summed E-state index contributed by atoms with van der Waals surface area (Å²) in [5.74, 6) is 1.19. The lowest BCUT2D eigenvalue weighted by atomic mass is 10.1. The molecule has 1 atom stereocenters. The highest BCUT2D eigenvalue weighted by Gasteiger charge is 2.29. The van der Waals surface area contributed by atoms with Gasteiger partial charge in [0.2, 0.25) is 17.6 Å². The van der Waals surface area contributed by atoms with Crippen LogP contribution in [0.5, 0.6) is 17.2 Å². The topological polar surface area (TPSA) is 89.1 Å². The second-order valence-electron chi connectivity index (χ2n) is 6.65. The molecule has 0 unspecified atom stereocenters. The third-order valence-corrected chi connectivity index (χ3v) is 4.74. The van der Waals surface area contributed by atoms with E-state index in [4.69, 9.17) is 14.2 Å². The van der Waals surface area contributed by atoms with E-state index in [2.05, 4.69) is 10.6 Å². The summed E-state index contributed by atoms with van der Waals surface area (Å²) in [4.78, 5) is 26.8. The Morgan fingerprint density at radius 3 is 2.41 bits per heavy atom. The number of nitrogens with zero attached hydrogens (tertiary/aromatic N) is 1. The molecular formula is C21H25N3O5. The van der Waals surface area contributed by atoms with Crippen molar-refractivity contribution in [3.8, 4) is 17.2 Å². The first-order valence-electron chi connectivity index (χ1n) is 9.23. The molecule has 8 nitrogen and oxygen atoms in total. The van der Waals surface area contributed by atoms with E-state index >= 15 is 0 Å². The van der Waals surface area contributed by atoms with Gasteiger partial charge in [0, 0.05) is 30.3 Å². The van der Waals surface area contributed by atoms with Gasteiger partial charge in [0.25, 0.3) is 0 Å². The summed E-state index contributed by atoms with van der Waals surface area (Å²) in [6, 6.07) is 10.5. The van der Waals surface area contributed by atoms with Gasteiger partial charge in [-0.1, -0.05) is 12.1 Å². The first-order chi connectivity index (χ1) is 14.0. The van der Waals surface area contributed by atoms with E-state index < -0.39 is 0 Å². The van der Waals surface area contributed by atoms with Crippen LogP contribution in [0.15, 0.2) is 36.4 Å². The molecule has 0 fully saturated rings. The highest BCUT2D eigenvalue weighted by Crippen LogP contribution is 2.40. The fourth-order valence-corrected chi connectivity index (χ4v) is 3.41. The van der Waals surface area contributed by atoms with Crippen LogP contribution in [0.4, 0.5) is 17.1 Å². The van der Waals surface area contributed by atoms with E-state index in [0.717, 1.165) is 0 Å². The van der Waals surface area contributed by atoms with Crippen molar-refractivity contribution in [2.24, 2.45) is 0 Å². The van der Waals surface area contributed by atoms with Crippen LogP contribution < -0.4 is 29.7 Å². The highest BCUT2D eigenvalue weighted by molar-refractivity contribution is 6.05. The average Bonchev–Trinajstić information content (AvgIpc) is 2.85. The third-order valence-electron chi connectivity index (χ3n) is 4.74. The predicted octanol–water partition coefficient (Wildman–Crippen LogP) is 2.89. The Morgan fingerprint density at radius 1 is 1.14 bits per heavy atom. The number of carbonyl (C=O) groups is 2. The Morgan fingerprint density at radius 2 is 1.79 bits per heavy atom. The SMILES string of the molecule is COc1cc(NCC(=O)N2c3ccccc3NC(=O)C[C@@H]2C)cc(OC)c1OC. The summed E-state index contributed by atoms with van der Waals surface area (Å²) >= 11 is 0. The molecule has 8 heteroatoms. The quantitative estimate of drug-likeness (QED) is 0.777. The van der Waals surface area contributed by atoms with E-state index in [9.17, 15) is 9.59 Å². The highest BCUT2D eigenvalue weighted by atomic mass is 16.5. The molecule has 2 amide bonds. The standard InChI is InChI=1S/C21H25N3O5/c1-13-9-19(25)23-15-7-5-6-8-16(15)24(13)20(26)12-22-14-10-17(27-2)21(29-4)18(11-14)28-3/h5-8,10-11,13,22H,9,12H2,1-4H3,(H,23,25)/t13-/m0/s1. The molecule has 0 saturated heterocycles. The van der Waals surface area contributed by atoms with Gasteiger partial charge in [-0.3, -0.25) is 9.59 Å². The molecule has 0 aromatic heterocycles. The number of benzene rings is 2. The summed E-state index contributed by atoms with van der Waals surface area (Å²) in [5.41, 5.74) is 1.96. The predicted molar refractivity (Wildman–Crippen MR) is 111 cm³/mol. The summed E-state index contributed by atoms with van der Waals surface area (Å²) < 4.78 is 16.0. The molecule has 0 radical (unpaired) electrons. The van der Waals surface area contributed by atoms with Crippen molar-refractivity contribution in [2.75, 3.05) is 43.4 Å². The van der Waals surface area contributed by atoms with Gasteiger partial charge in [-0.15, -0.1) is 0 Å². The van der Waals surface area contributed by atoms with Gasteiger partial charge in [0.05, 0.1) is 39.2 Å². The van der Waals surface area contributed by atoms with Gasteiger partial charge in [0.1, 0.15) is 0 Å². The smallest absolute Gasteiger partial charge is 0.246 e. The molecule has 3 rings (SSSR count). The van der Waals surface area contributed by atoms with E-state index in [-0.39, 0.29) is 30.8 Å². The van der Waals surface area contributed by atoms with Gasteiger partial charge in [-0.25, -0.2) is 0 Å². The largest absolute Gasteiger partial charge is 0.493 e. The van der Waals surface area contributed by atoms with E-state index in [1.54, 1.807) is 23.1 Å². The maximum atomic E-state index is 13.1. The molecule has 0 spiro atoms. The number of carbonyl (C=O) groups excluding carboxylic acids is 2. The molecule has 1 aliphatic rings. The molecule has 1 aliphatic heterocycles. The average molecular weight is 399 g/mol. The minimum Gasteiger partial charge on any atom is -0.493 e. The number of para-hydroxylation sites is 2. The molecule has 154 valence electrons. The first kappa shape index (κ1) is 20.3. The minimum absolute atomic E-state index is 0.0332. The molecule has 2 aromatic rings. The lowest BCUT2D eigenvalue weighted by Gasteiger charge is -2.28. The summed E-state index contributed by atoms with van der Waals surface area (Å²) in [5, 5.41) is 5.97. The van der Waals surface area contributed by atoms with Crippen LogP contribution in [0.2, 0.25) is 0 Å². The molecule has 2 aromatic carbocycles. The Hall–Kier alpha value is -3.42. The summed E-state index contributed by atoms with van der Waals surface area (Å²) in [6.45, 7) is 1.89. The van der Waals surface area contributed by atoms with Crippen molar-refractivity contribution in [3.05, 3.63) is 36.4 Å². The van der Waals surface area contributed by atoms with Crippen LogP contribution >= 0.6 is 0 Å². The van der Waals surface area contributed by atoms with Crippen LogP contribution in [0.3, 0.4) is 0 Å². The normalized spacial score (nSPS) is 15.7. The number of rotatable bonds is 6. The maximum absolute atomic E-state index is 13.1. The molecule has 0 bridgehead atoms. The number of anilines is 3. The van der Waals surface area contributed by atoms with Gasteiger partial charge >= 0.3 is 0 Å². The second kappa shape index (κ2) is 8.72. The zero-order valence-corrected chi connectivity index (χ0v) is 16.9. The maximum Gasteiger partial charge on any atom is 0.246 e. The van der Waals surface area contributed by atoms with Crippen molar-refractivity contribution >= 4 is 28.9 Å². The first-order valence-corrected chi connectivity index (χ1v) is 9.23. The lowest BCUT2D eigenvalue weighted by molar-refractivity contribution is -0.118. The molecule has 0 aliphatic carbocycles. The molecular weight excluding hydrogens is 374 g/mol. The van der Waals surface area contributed by atoms with Crippen molar-refractivity contribution in [1.82, 2.24) is 0 Å². The van der Waals surface area contributed by atoms with Crippen LogP contribution in [0, 0.1) is 0 Å². The third kappa shape index (κ3) is 4.21. The molecule has 29 heavy (non-hydrogen) atoms. The second-order valence-corrected chi connectivity index (χ2v) is 6.65. The Labute approximate surface area is 169 Å². The Kier molecular flexibility index (Phi) is 6.11. The van der Waals surface area contributed by atoms with Gasteiger partial charge in [-0.05, 0) is 19.1 Å². The Bertz CT molecular complexity index is 890. The Balaban J connectivity index is 1.83. The summed E-state index contributed by atoms with van der Waals surface area (Å²) in [6.07, 6.45) is 0.227. The van der Waals surface area contributed by atoms with Gasteiger partial charge in [0.15, 0.2) is 11.5 Å². The van der Waals surface area contributed by atoms with Crippen molar-refractivity contribution in [2.45, 2.75) is 19.4 Å². The van der Waals surface area contributed by atoms with Crippen molar-refractivity contribution < 1.29 is 23.8 Å². The van der Waals surface area contributed by atoms with Crippen molar-refractivity contribution in [1.29, 1.82) is 0 Å². The number of methoxy groups -OCH3 is 3. The zero-order valence-electron chi connectivity index (χ0n) is 16.9. The zero-order chi connectivity index (χ0) is 21.0. The minimum atomic E-state index is -0.270. The number of nitrogens with one attached hydrogen (secondary N) is 2. The number of ether oxygens (including phenoxy) is 3. The van der Waals surface area contributed by atoms with E-state index in [1.807, 2.05) is 25.1 Å². The fourth-order valence-electron chi connectivity index (χ4n) is 3.41. The number of hydrogen-bond donors (Lipinski definition) is 2. The van der Waals surface area contributed by atoms with Crippen LogP contribution in [0.25, 0.3) is 0 Å². The fraction of sp³-hybridized carbons (Fsp3) is 0.333. The molecule has 2 N–H and O–H groups in total. The number of hydrogen-bond acceptors (Lipinski definition) is 6. The van der Waals surface area contributed by atoms with E-state index in [1.165, 1.54) is 21.3 Å². The van der Waals surface area contributed by atoms with Gasteiger partial charge in [-0.2, -0.15) is 0 Å². The summed E-state index contributed by atoms with van der Waals surface area (Å²) in [7, 11) is 4.60. The monoisotopic (exact) mass is 399 g/mol.